The maximum absolute atomic E-state index is 13.2. The zero-order valence-electron chi connectivity index (χ0n) is 16.7. The summed E-state index contributed by atoms with van der Waals surface area (Å²) in [5, 5.41) is 1.21. The molecule has 8 heteroatoms. The van der Waals surface area contributed by atoms with Crippen molar-refractivity contribution in [1.29, 1.82) is 0 Å². The van der Waals surface area contributed by atoms with Crippen LogP contribution in [0.2, 0.25) is 5.02 Å². The maximum atomic E-state index is 13.2. The Morgan fingerprint density at radius 3 is 2.33 bits per heavy atom. The molecule has 0 bridgehead atoms. The summed E-state index contributed by atoms with van der Waals surface area (Å²) in [4.78, 5) is 36.7. The smallest absolute Gasteiger partial charge is 0.344 e. The molecule has 0 aliphatic heterocycles. The van der Waals surface area contributed by atoms with Gasteiger partial charge in [-0.15, -0.1) is 0 Å². The van der Waals surface area contributed by atoms with Gasteiger partial charge >= 0.3 is 11.9 Å². The number of aromatic nitrogens is 1. The molecule has 0 aliphatic carbocycles. The molecule has 156 valence electrons. The third kappa shape index (κ3) is 4.31. The molecule has 2 aromatic carbocycles. The largest absolute Gasteiger partial charge is 0.497 e. The van der Waals surface area contributed by atoms with Crippen LogP contribution in [-0.4, -0.2) is 43.2 Å². The number of carbonyl (C=O) groups is 3. The zero-order chi connectivity index (χ0) is 21.8. The van der Waals surface area contributed by atoms with Crippen molar-refractivity contribution in [3.8, 4) is 5.75 Å². The van der Waals surface area contributed by atoms with Crippen LogP contribution in [0.15, 0.2) is 42.5 Å². The number of benzene rings is 2. The predicted octanol–water partition coefficient (Wildman–Crippen LogP) is 3.56. The maximum Gasteiger partial charge on any atom is 0.344 e. The number of ether oxygens (including phenoxy) is 3. The lowest BCUT2D eigenvalue weighted by Crippen LogP contribution is -2.17. The highest BCUT2D eigenvalue weighted by molar-refractivity contribution is 6.30. The van der Waals surface area contributed by atoms with Crippen molar-refractivity contribution in [3.63, 3.8) is 0 Å². The van der Waals surface area contributed by atoms with E-state index in [1.54, 1.807) is 54.0 Å². The second-order valence-corrected chi connectivity index (χ2v) is 6.94. The van der Waals surface area contributed by atoms with Gasteiger partial charge in [-0.1, -0.05) is 11.6 Å². The van der Waals surface area contributed by atoms with Crippen LogP contribution >= 0.6 is 11.6 Å². The van der Waals surface area contributed by atoms with E-state index in [-0.39, 0.29) is 12.3 Å². The Morgan fingerprint density at radius 1 is 1.00 bits per heavy atom. The molecule has 1 aromatic heterocycles. The molecule has 0 unspecified atom stereocenters. The Bertz CT molecular complexity index is 1120. The average Bonchev–Trinajstić information content (AvgIpc) is 3.02. The van der Waals surface area contributed by atoms with Gasteiger partial charge in [0, 0.05) is 21.7 Å². The molecule has 0 fully saturated rings. The quantitative estimate of drug-likeness (QED) is 0.557. The van der Waals surface area contributed by atoms with Crippen LogP contribution in [-0.2, 0) is 25.5 Å². The summed E-state index contributed by atoms with van der Waals surface area (Å²) < 4.78 is 16.3. The molecule has 3 rings (SSSR count). The van der Waals surface area contributed by atoms with Gasteiger partial charge in [-0.3, -0.25) is 14.2 Å². The lowest BCUT2D eigenvalue weighted by molar-refractivity contribution is -0.156. The summed E-state index contributed by atoms with van der Waals surface area (Å²) in [5.74, 6) is -0.928. The molecule has 7 nitrogen and oxygen atoms in total. The number of carbonyl (C=O) groups excluding carboxylic acids is 3. The first-order valence-electron chi connectivity index (χ1n) is 9.06. The normalized spacial score (nSPS) is 10.7. The van der Waals surface area contributed by atoms with Crippen molar-refractivity contribution < 1.29 is 28.6 Å². The van der Waals surface area contributed by atoms with E-state index in [0.717, 1.165) is 0 Å². The average molecular weight is 430 g/mol. The molecule has 0 amide bonds. The zero-order valence-corrected chi connectivity index (χ0v) is 17.5. The Balaban J connectivity index is 2.05. The highest BCUT2D eigenvalue weighted by Crippen LogP contribution is 2.31. The molecular formula is C22H20ClNO6. The minimum Gasteiger partial charge on any atom is -0.497 e. The first kappa shape index (κ1) is 21.4. The van der Waals surface area contributed by atoms with Gasteiger partial charge in [-0.25, -0.2) is 4.79 Å². The van der Waals surface area contributed by atoms with Crippen molar-refractivity contribution in [3.05, 3.63) is 64.3 Å². The fourth-order valence-corrected chi connectivity index (χ4v) is 3.32. The fourth-order valence-electron chi connectivity index (χ4n) is 3.19. The number of fused-ring (bicyclic) bond motifs is 1. The molecule has 0 spiro atoms. The third-order valence-corrected chi connectivity index (χ3v) is 4.99. The van der Waals surface area contributed by atoms with E-state index in [1.165, 1.54) is 14.2 Å². The van der Waals surface area contributed by atoms with Crippen LogP contribution in [0, 0.1) is 6.92 Å². The summed E-state index contributed by atoms with van der Waals surface area (Å²) in [6, 6.07) is 11.8. The molecule has 0 atom stereocenters. The SMILES string of the molecule is COC(=O)COC(=O)Cc1c(C)n(C(=O)c2ccc(Cl)cc2)c2ccc(OC)cc12. The van der Waals surface area contributed by atoms with E-state index in [1.807, 2.05) is 0 Å². The van der Waals surface area contributed by atoms with E-state index in [0.29, 0.717) is 38.5 Å². The lowest BCUT2D eigenvalue weighted by atomic mass is 10.1. The van der Waals surface area contributed by atoms with Gasteiger partial charge in [0.15, 0.2) is 6.61 Å². The number of hydrogen-bond donors (Lipinski definition) is 0. The molecule has 0 N–H and O–H groups in total. The van der Waals surface area contributed by atoms with E-state index < -0.39 is 18.5 Å². The van der Waals surface area contributed by atoms with Gasteiger partial charge in [0.25, 0.3) is 5.91 Å². The van der Waals surface area contributed by atoms with Crippen LogP contribution < -0.4 is 4.74 Å². The third-order valence-electron chi connectivity index (χ3n) is 4.74. The van der Waals surface area contributed by atoms with Crippen molar-refractivity contribution in [1.82, 2.24) is 4.57 Å². The first-order chi connectivity index (χ1) is 14.3. The van der Waals surface area contributed by atoms with Gasteiger partial charge in [-0.2, -0.15) is 0 Å². The molecular weight excluding hydrogens is 410 g/mol. The van der Waals surface area contributed by atoms with Crippen molar-refractivity contribution >= 4 is 40.3 Å². The minimum atomic E-state index is -0.651. The van der Waals surface area contributed by atoms with Crippen LogP contribution in [0.5, 0.6) is 5.75 Å². The second kappa shape index (κ2) is 9.00. The van der Waals surface area contributed by atoms with E-state index in [2.05, 4.69) is 4.74 Å². The fraction of sp³-hybridized carbons (Fsp3) is 0.227. The lowest BCUT2D eigenvalue weighted by Gasteiger charge is -2.08. The molecule has 30 heavy (non-hydrogen) atoms. The Labute approximate surface area is 178 Å². The van der Waals surface area contributed by atoms with Gasteiger partial charge in [0.1, 0.15) is 5.75 Å². The molecule has 0 aliphatic rings. The highest BCUT2D eigenvalue weighted by Gasteiger charge is 2.22. The minimum absolute atomic E-state index is 0.118. The summed E-state index contributed by atoms with van der Waals surface area (Å²) in [6.45, 7) is 1.28. The summed E-state index contributed by atoms with van der Waals surface area (Å²) in [5.41, 5.74) is 2.29. The number of nitrogens with zero attached hydrogens (tertiary/aromatic N) is 1. The van der Waals surface area contributed by atoms with Crippen molar-refractivity contribution in [2.24, 2.45) is 0 Å². The van der Waals surface area contributed by atoms with Gasteiger partial charge in [0.05, 0.1) is 26.2 Å². The summed E-state index contributed by atoms with van der Waals surface area (Å²) in [7, 11) is 2.75. The Kier molecular flexibility index (Phi) is 6.42. The molecule has 1 heterocycles. The number of rotatable bonds is 6. The molecule has 0 saturated carbocycles. The van der Waals surface area contributed by atoms with Gasteiger partial charge in [0.2, 0.25) is 0 Å². The van der Waals surface area contributed by atoms with E-state index >= 15 is 0 Å². The van der Waals surface area contributed by atoms with Gasteiger partial charge in [-0.05, 0) is 55.0 Å². The predicted molar refractivity (Wildman–Crippen MR) is 111 cm³/mol. The van der Waals surface area contributed by atoms with E-state index in [9.17, 15) is 14.4 Å². The molecule has 0 radical (unpaired) electrons. The number of esters is 2. The monoisotopic (exact) mass is 429 g/mol. The number of hydrogen-bond acceptors (Lipinski definition) is 6. The standard InChI is InChI=1S/C22H20ClNO6/c1-13-17(11-20(25)30-12-21(26)29-3)18-10-16(28-2)8-9-19(18)24(13)22(27)14-4-6-15(23)7-5-14/h4-10H,11-12H2,1-3H3. The molecule has 3 aromatic rings. The number of halogens is 1. The van der Waals surface area contributed by atoms with Gasteiger partial charge < -0.3 is 14.2 Å². The Morgan fingerprint density at radius 2 is 1.70 bits per heavy atom. The topological polar surface area (TPSA) is 83.8 Å². The highest BCUT2D eigenvalue weighted by atomic mass is 35.5. The summed E-state index contributed by atoms with van der Waals surface area (Å²) in [6.07, 6.45) is -0.118. The van der Waals surface area contributed by atoms with Crippen LogP contribution in [0.25, 0.3) is 10.9 Å². The van der Waals surface area contributed by atoms with Crippen molar-refractivity contribution in [2.75, 3.05) is 20.8 Å². The van der Waals surface area contributed by atoms with E-state index in [4.69, 9.17) is 21.1 Å². The van der Waals surface area contributed by atoms with Crippen LogP contribution in [0.4, 0.5) is 0 Å². The van der Waals surface area contributed by atoms with Crippen LogP contribution in [0.3, 0.4) is 0 Å². The summed E-state index contributed by atoms with van der Waals surface area (Å²) >= 11 is 5.93. The second-order valence-electron chi connectivity index (χ2n) is 6.51. The van der Waals surface area contributed by atoms with Crippen LogP contribution in [0.1, 0.15) is 21.6 Å². The first-order valence-corrected chi connectivity index (χ1v) is 9.44. The van der Waals surface area contributed by atoms with Crippen molar-refractivity contribution in [2.45, 2.75) is 13.3 Å². The molecule has 0 saturated heterocycles. The number of methoxy groups -OCH3 is 2. The Hall–Kier alpha value is -3.32.